The normalized spacial score (nSPS) is 13.7. The van der Waals surface area contributed by atoms with E-state index in [1.54, 1.807) is 31.4 Å². The number of rotatable bonds is 6. The van der Waals surface area contributed by atoms with Crippen LogP contribution in [0.5, 0.6) is 5.75 Å². The molecule has 1 aromatic rings. The van der Waals surface area contributed by atoms with Crippen LogP contribution < -0.4 is 4.74 Å². The van der Waals surface area contributed by atoms with Gasteiger partial charge in [-0.3, -0.25) is 9.59 Å². The van der Waals surface area contributed by atoms with E-state index in [0.717, 1.165) is 5.56 Å². The fourth-order valence-electron chi connectivity index (χ4n) is 1.67. The van der Waals surface area contributed by atoms with Crippen LogP contribution in [0, 0.1) is 11.8 Å². The molecule has 0 saturated carbocycles. The van der Waals surface area contributed by atoms with Gasteiger partial charge < -0.3 is 14.9 Å². The first-order chi connectivity index (χ1) is 8.45. The van der Waals surface area contributed by atoms with Crippen molar-refractivity contribution in [2.45, 2.75) is 13.3 Å². The average molecular weight is 252 g/mol. The van der Waals surface area contributed by atoms with E-state index in [1.807, 2.05) is 0 Å². The summed E-state index contributed by atoms with van der Waals surface area (Å²) < 4.78 is 5.00. The van der Waals surface area contributed by atoms with Crippen LogP contribution in [0.15, 0.2) is 24.3 Å². The highest BCUT2D eigenvalue weighted by Gasteiger charge is 2.29. The zero-order valence-corrected chi connectivity index (χ0v) is 10.3. The summed E-state index contributed by atoms with van der Waals surface area (Å²) in [5.74, 6) is -3.38. The van der Waals surface area contributed by atoms with Gasteiger partial charge in [0.1, 0.15) is 5.75 Å². The van der Waals surface area contributed by atoms with Crippen LogP contribution in [0.3, 0.4) is 0 Å². The van der Waals surface area contributed by atoms with Crippen molar-refractivity contribution in [3.8, 4) is 5.75 Å². The van der Waals surface area contributed by atoms with Crippen LogP contribution in [0.2, 0.25) is 0 Å². The third kappa shape index (κ3) is 3.48. The Labute approximate surface area is 105 Å². The number of carboxylic acids is 2. The molecule has 2 atom stereocenters. The van der Waals surface area contributed by atoms with Gasteiger partial charge in [-0.15, -0.1) is 0 Å². The minimum absolute atomic E-state index is 0.187. The van der Waals surface area contributed by atoms with Crippen molar-refractivity contribution in [1.82, 2.24) is 0 Å². The van der Waals surface area contributed by atoms with Crippen molar-refractivity contribution in [3.05, 3.63) is 29.8 Å². The molecule has 0 spiro atoms. The Balaban J connectivity index is 2.83. The maximum Gasteiger partial charge on any atom is 0.307 e. The number of hydrogen-bond acceptors (Lipinski definition) is 3. The van der Waals surface area contributed by atoms with E-state index < -0.39 is 23.8 Å². The minimum Gasteiger partial charge on any atom is -0.497 e. The summed E-state index contributed by atoms with van der Waals surface area (Å²) in [5, 5.41) is 17.9. The molecule has 0 aliphatic rings. The van der Waals surface area contributed by atoms with E-state index in [4.69, 9.17) is 14.9 Å². The van der Waals surface area contributed by atoms with Crippen molar-refractivity contribution in [2.24, 2.45) is 11.8 Å². The lowest BCUT2D eigenvalue weighted by Gasteiger charge is -2.16. The first-order valence-corrected chi connectivity index (χ1v) is 5.54. The molecule has 0 unspecified atom stereocenters. The van der Waals surface area contributed by atoms with Crippen LogP contribution in [-0.4, -0.2) is 29.3 Å². The van der Waals surface area contributed by atoms with Crippen LogP contribution in [0.4, 0.5) is 0 Å². The maximum absolute atomic E-state index is 11.1. The lowest BCUT2D eigenvalue weighted by molar-refractivity contribution is -0.152. The molecule has 0 saturated heterocycles. The molecular weight excluding hydrogens is 236 g/mol. The van der Waals surface area contributed by atoms with Gasteiger partial charge in [-0.1, -0.05) is 19.1 Å². The molecule has 5 heteroatoms. The summed E-state index contributed by atoms with van der Waals surface area (Å²) in [6.45, 7) is 1.41. The standard InChI is InChI=1S/C13H16O5/c1-8(12(14)15)11(13(16)17)7-9-3-5-10(18-2)6-4-9/h3-6,8,11H,7H2,1-2H3,(H,14,15)(H,16,17)/t8-,11+/m0/s1. The minimum atomic E-state index is -1.10. The van der Waals surface area contributed by atoms with E-state index in [0.29, 0.717) is 5.75 Å². The predicted molar refractivity (Wildman–Crippen MR) is 64.6 cm³/mol. The predicted octanol–water partition coefficient (Wildman–Crippen LogP) is 1.66. The average Bonchev–Trinajstić information content (AvgIpc) is 2.35. The molecule has 0 aromatic heterocycles. The first kappa shape index (κ1) is 14.0. The molecule has 0 amide bonds. The van der Waals surface area contributed by atoms with Gasteiger partial charge in [0.25, 0.3) is 0 Å². The lowest BCUT2D eigenvalue weighted by Crippen LogP contribution is -2.29. The van der Waals surface area contributed by atoms with E-state index in [1.165, 1.54) is 6.92 Å². The van der Waals surface area contributed by atoms with Crippen molar-refractivity contribution < 1.29 is 24.5 Å². The topological polar surface area (TPSA) is 83.8 Å². The molecule has 2 N–H and O–H groups in total. The van der Waals surface area contributed by atoms with Crippen molar-refractivity contribution in [2.75, 3.05) is 7.11 Å². The lowest BCUT2D eigenvalue weighted by atomic mass is 9.88. The number of hydrogen-bond donors (Lipinski definition) is 2. The second-order valence-electron chi connectivity index (χ2n) is 4.12. The summed E-state index contributed by atoms with van der Waals surface area (Å²) >= 11 is 0. The van der Waals surface area contributed by atoms with Crippen molar-refractivity contribution >= 4 is 11.9 Å². The second kappa shape index (κ2) is 6.05. The Morgan fingerprint density at radius 1 is 1.17 bits per heavy atom. The van der Waals surface area contributed by atoms with Crippen LogP contribution in [0.25, 0.3) is 0 Å². The highest BCUT2D eigenvalue weighted by molar-refractivity contribution is 5.79. The van der Waals surface area contributed by atoms with Gasteiger partial charge in [0.15, 0.2) is 0 Å². The van der Waals surface area contributed by atoms with E-state index in [-0.39, 0.29) is 6.42 Å². The Morgan fingerprint density at radius 3 is 2.11 bits per heavy atom. The molecule has 98 valence electrons. The molecule has 0 bridgehead atoms. The summed E-state index contributed by atoms with van der Waals surface area (Å²) in [7, 11) is 1.54. The number of aliphatic carboxylic acids is 2. The monoisotopic (exact) mass is 252 g/mol. The van der Waals surface area contributed by atoms with Gasteiger partial charge in [0.05, 0.1) is 18.9 Å². The maximum atomic E-state index is 11.1. The van der Waals surface area contributed by atoms with Crippen LogP contribution >= 0.6 is 0 Å². The van der Waals surface area contributed by atoms with E-state index in [2.05, 4.69) is 0 Å². The molecule has 1 aromatic carbocycles. The van der Waals surface area contributed by atoms with Gasteiger partial charge in [-0.25, -0.2) is 0 Å². The zero-order valence-electron chi connectivity index (χ0n) is 10.3. The molecule has 0 heterocycles. The van der Waals surface area contributed by atoms with Crippen molar-refractivity contribution in [3.63, 3.8) is 0 Å². The first-order valence-electron chi connectivity index (χ1n) is 5.54. The fourth-order valence-corrected chi connectivity index (χ4v) is 1.67. The van der Waals surface area contributed by atoms with Crippen molar-refractivity contribution in [1.29, 1.82) is 0 Å². The SMILES string of the molecule is COc1ccc(C[C@@H](C(=O)O)[C@H](C)C(=O)O)cc1. The third-order valence-electron chi connectivity index (χ3n) is 2.92. The Morgan fingerprint density at radius 2 is 1.72 bits per heavy atom. The van der Waals surface area contributed by atoms with Gasteiger partial charge in [-0.2, -0.15) is 0 Å². The molecule has 1 rings (SSSR count). The molecule has 5 nitrogen and oxygen atoms in total. The highest BCUT2D eigenvalue weighted by atomic mass is 16.5. The van der Waals surface area contributed by atoms with Crippen LogP contribution in [0.1, 0.15) is 12.5 Å². The van der Waals surface area contributed by atoms with E-state index in [9.17, 15) is 9.59 Å². The van der Waals surface area contributed by atoms with Crippen LogP contribution in [-0.2, 0) is 16.0 Å². The Hall–Kier alpha value is -2.04. The summed E-state index contributed by atoms with van der Waals surface area (Å²) in [4.78, 5) is 21.9. The second-order valence-corrected chi connectivity index (χ2v) is 4.12. The zero-order chi connectivity index (χ0) is 13.7. The van der Waals surface area contributed by atoms with Gasteiger partial charge in [-0.05, 0) is 24.1 Å². The number of methoxy groups -OCH3 is 1. The number of ether oxygens (including phenoxy) is 1. The largest absolute Gasteiger partial charge is 0.497 e. The summed E-state index contributed by atoms with van der Waals surface area (Å²) in [6, 6.07) is 6.92. The molecule has 0 aliphatic heterocycles. The summed E-state index contributed by atoms with van der Waals surface area (Å²) in [6.07, 6.45) is 0.187. The quantitative estimate of drug-likeness (QED) is 0.804. The molecule has 18 heavy (non-hydrogen) atoms. The highest BCUT2D eigenvalue weighted by Crippen LogP contribution is 2.20. The molecule has 0 radical (unpaired) electrons. The Bertz CT molecular complexity index is 424. The van der Waals surface area contributed by atoms with E-state index >= 15 is 0 Å². The van der Waals surface area contributed by atoms with Gasteiger partial charge >= 0.3 is 11.9 Å². The molecular formula is C13H16O5. The fraction of sp³-hybridized carbons (Fsp3) is 0.385. The van der Waals surface area contributed by atoms with Gasteiger partial charge in [0, 0.05) is 0 Å². The molecule has 0 fully saturated rings. The number of carboxylic acid groups (broad SMARTS) is 2. The summed E-state index contributed by atoms with van der Waals surface area (Å²) in [5.41, 5.74) is 0.774. The molecule has 0 aliphatic carbocycles. The number of benzene rings is 1. The van der Waals surface area contributed by atoms with Gasteiger partial charge in [0.2, 0.25) is 0 Å². The number of carbonyl (C=O) groups is 2. The Kier molecular flexibility index (Phi) is 4.71. The third-order valence-corrected chi connectivity index (χ3v) is 2.92. The smallest absolute Gasteiger partial charge is 0.307 e.